The minimum absolute atomic E-state index is 0. The van der Waals surface area contributed by atoms with Gasteiger partial charge < -0.3 is 10.5 Å². The minimum Gasteiger partial charge on any atom is -0.487 e. The molecule has 0 aliphatic heterocycles. The lowest BCUT2D eigenvalue weighted by molar-refractivity contribution is 0.306. The zero-order chi connectivity index (χ0) is 12.3. The van der Waals surface area contributed by atoms with Gasteiger partial charge in [0.1, 0.15) is 18.2 Å². The number of nitrogen functional groups attached to an aromatic ring is 1. The second-order valence-corrected chi connectivity index (χ2v) is 4.42. The highest BCUT2D eigenvalue weighted by Gasteiger charge is 2.04. The number of para-hydroxylation sites is 2. The Labute approximate surface area is 119 Å². The Hall–Kier alpha value is -1.26. The van der Waals surface area contributed by atoms with Gasteiger partial charge in [-0.2, -0.15) is 0 Å². The Morgan fingerprint density at radius 2 is 1.89 bits per heavy atom. The third kappa shape index (κ3) is 3.62. The standard InChI is InChI=1S/C13H11BrFNO.ClH/c14-11-6-5-10(15)7-9(11)8-17-13-4-2-1-3-12(13)16;/h1-7H,8,16H2;1H. The molecule has 2 rings (SSSR count). The lowest BCUT2D eigenvalue weighted by Crippen LogP contribution is -1.99. The quantitative estimate of drug-likeness (QED) is 0.856. The van der Waals surface area contributed by atoms with Crippen LogP contribution in [0.4, 0.5) is 10.1 Å². The Bertz CT molecular complexity index is 536. The summed E-state index contributed by atoms with van der Waals surface area (Å²) in [5.74, 6) is 0.316. The molecule has 2 aromatic carbocycles. The molecule has 2 nitrogen and oxygen atoms in total. The van der Waals surface area contributed by atoms with Crippen molar-refractivity contribution in [2.45, 2.75) is 6.61 Å². The molecule has 5 heteroatoms. The molecule has 0 bridgehead atoms. The van der Waals surface area contributed by atoms with Crippen LogP contribution < -0.4 is 10.5 Å². The third-order valence-corrected chi connectivity index (χ3v) is 3.08. The van der Waals surface area contributed by atoms with Crippen molar-refractivity contribution in [2.24, 2.45) is 0 Å². The first-order chi connectivity index (χ1) is 8.16. The number of ether oxygens (including phenoxy) is 1. The molecule has 2 N–H and O–H groups in total. The van der Waals surface area contributed by atoms with Gasteiger partial charge in [-0.3, -0.25) is 0 Å². The number of halogens is 3. The van der Waals surface area contributed by atoms with Crippen molar-refractivity contribution in [1.29, 1.82) is 0 Å². The van der Waals surface area contributed by atoms with Crippen LogP contribution in [-0.2, 0) is 6.61 Å². The Morgan fingerprint density at radius 3 is 2.61 bits per heavy atom. The van der Waals surface area contributed by atoms with Crippen LogP contribution in [0.1, 0.15) is 5.56 Å². The molecule has 0 unspecified atom stereocenters. The molecule has 0 atom stereocenters. The predicted molar refractivity (Wildman–Crippen MR) is 76.5 cm³/mol. The molecular formula is C13H12BrClFNO. The lowest BCUT2D eigenvalue weighted by atomic mass is 10.2. The van der Waals surface area contributed by atoms with Crippen LogP contribution in [0.25, 0.3) is 0 Å². The van der Waals surface area contributed by atoms with Crippen LogP contribution >= 0.6 is 28.3 Å². The first kappa shape index (κ1) is 14.8. The van der Waals surface area contributed by atoms with Gasteiger partial charge in [-0.15, -0.1) is 12.4 Å². The van der Waals surface area contributed by atoms with E-state index in [2.05, 4.69) is 15.9 Å². The molecule has 0 aromatic heterocycles. The van der Waals surface area contributed by atoms with Gasteiger partial charge in [0.05, 0.1) is 5.69 Å². The summed E-state index contributed by atoms with van der Waals surface area (Å²) in [6.45, 7) is 0.270. The van der Waals surface area contributed by atoms with E-state index in [1.54, 1.807) is 18.2 Å². The fourth-order valence-electron chi connectivity index (χ4n) is 1.42. The summed E-state index contributed by atoms with van der Waals surface area (Å²) in [4.78, 5) is 0. The van der Waals surface area contributed by atoms with Crippen molar-refractivity contribution in [3.63, 3.8) is 0 Å². The largest absolute Gasteiger partial charge is 0.487 e. The van der Waals surface area contributed by atoms with E-state index in [0.29, 0.717) is 11.4 Å². The summed E-state index contributed by atoms with van der Waals surface area (Å²) in [7, 11) is 0. The number of benzene rings is 2. The van der Waals surface area contributed by atoms with Crippen molar-refractivity contribution in [2.75, 3.05) is 5.73 Å². The van der Waals surface area contributed by atoms with E-state index < -0.39 is 0 Å². The average Bonchev–Trinajstić information content (AvgIpc) is 2.32. The zero-order valence-electron chi connectivity index (χ0n) is 9.40. The molecule has 0 fully saturated rings. The van der Waals surface area contributed by atoms with Crippen LogP contribution in [0.15, 0.2) is 46.9 Å². The molecule has 0 spiro atoms. The molecule has 0 aliphatic carbocycles. The molecule has 0 aliphatic rings. The molecule has 0 radical (unpaired) electrons. The molecular weight excluding hydrogens is 321 g/mol. The van der Waals surface area contributed by atoms with Crippen molar-refractivity contribution >= 4 is 34.0 Å². The summed E-state index contributed by atoms with van der Waals surface area (Å²) >= 11 is 3.34. The van der Waals surface area contributed by atoms with Gasteiger partial charge in [0.2, 0.25) is 0 Å². The van der Waals surface area contributed by atoms with E-state index in [-0.39, 0.29) is 24.8 Å². The van der Waals surface area contributed by atoms with Crippen LogP contribution in [-0.4, -0.2) is 0 Å². The van der Waals surface area contributed by atoms with Crippen LogP contribution in [0.5, 0.6) is 5.75 Å². The first-order valence-corrected chi connectivity index (χ1v) is 5.87. The molecule has 18 heavy (non-hydrogen) atoms. The van der Waals surface area contributed by atoms with Crippen molar-refractivity contribution < 1.29 is 9.13 Å². The summed E-state index contributed by atoms with van der Waals surface area (Å²) < 4.78 is 19.4. The topological polar surface area (TPSA) is 35.2 Å². The molecule has 96 valence electrons. The summed E-state index contributed by atoms with van der Waals surface area (Å²) in [6, 6.07) is 11.7. The lowest BCUT2D eigenvalue weighted by Gasteiger charge is -2.09. The Morgan fingerprint density at radius 1 is 1.17 bits per heavy atom. The zero-order valence-corrected chi connectivity index (χ0v) is 11.8. The highest BCUT2D eigenvalue weighted by Crippen LogP contribution is 2.23. The number of nitrogens with two attached hydrogens (primary N) is 1. The molecule has 0 saturated carbocycles. The third-order valence-electron chi connectivity index (χ3n) is 2.31. The van der Waals surface area contributed by atoms with Gasteiger partial charge in [-0.25, -0.2) is 4.39 Å². The monoisotopic (exact) mass is 331 g/mol. The van der Waals surface area contributed by atoms with E-state index in [0.717, 1.165) is 10.0 Å². The minimum atomic E-state index is -0.284. The van der Waals surface area contributed by atoms with E-state index in [1.165, 1.54) is 12.1 Å². The van der Waals surface area contributed by atoms with E-state index in [1.807, 2.05) is 12.1 Å². The van der Waals surface area contributed by atoms with Crippen LogP contribution in [0, 0.1) is 5.82 Å². The maximum Gasteiger partial charge on any atom is 0.142 e. The maximum atomic E-state index is 13.1. The van der Waals surface area contributed by atoms with Gasteiger partial charge >= 0.3 is 0 Å². The SMILES string of the molecule is Cl.Nc1ccccc1OCc1cc(F)ccc1Br. The van der Waals surface area contributed by atoms with Gasteiger partial charge in [-0.1, -0.05) is 28.1 Å². The molecule has 2 aromatic rings. The maximum absolute atomic E-state index is 13.1. The van der Waals surface area contributed by atoms with Gasteiger partial charge in [-0.05, 0) is 30.3 Å². The molecule has 0 saturated heterocycles. The van der Waals surface area contributed by atoms with Gasteiger partial charge in [0.25, 0.3) is 0 Å². The van der Waals surface area contributed by atoms with Gasteiger partial charge in [0.15, 0.2) is 0 Å². The highest BCUT2D eigenvalue weighted by atomic mass is 79.9. The fraction of sp³-hybridized carbons (Fsp3) is 0.0769. The smallest absolute Gasteiger partial charge is 0.142 e. The van der Waals surface area contributed by atoms with E-state index in [4.69, 9.17) is 10.5 Å². The predicted octanol–water partition coefficient (Wildman–Crippen LogP) is 4.17. The first-order valence-electron chi connectivity index (χ1n) is 5.08. The molecule has 0 amide bonds. The van der Waals surface area contributed by atoms with Crippen LogP contribution in [0.3, 0.4) is 0 Å². The van der Waals surface area contributed by atoms with Crippen LogP contribution in [0.2, 0.25) is 0 Å². The second-order valence-electron chi connectivity index (χ2n) is 3.56. The normalized spacial score (nSPS) is 9.67. The second kappa shape index (κ2) is 6.61. The number of rotatable bonds is 3. The molecule has 0 heterocycles. The van der Waals surface area contributed by atoms with E-state index >= 15 is 0 Å². The number of hydrogen-bond acceptors (Lipinski definition) is 2. The van der Waals surface area contributed by atoms with Gasteiger partial charge in [0, 0.05) is 10.0 Å². The van der Waals surface area contributed by atoms with Crippen molar-refractivity contribution in [1.82, 2.24) is 0 Å². The average molecular weight is 333 g/mol. The van der Waals surface area contributed by atoms with E-state index in [9.17, 15) is 4.39 Å². The van der Waals surface area contributed by atoms with Crippen molar-refractivity contribution in [3.8, 4) is 5.75 Å². The highest BCUT2D eigenvalue weighted by molar-refractivity contribution is 9.10. The Kier molecular flexibility index (Phi) is 5.44. The van der Waals surface area contributed by atoms with Crippen molar-refractivity contribution in [3.05, 3.63) is 58.3 Å². The summed E-state index contributed by atoms with van der Waals surface area (Å²) in [5.41, 5.74) is 7.06. The summed E-state index contributed by atoms with van der Waals surface area (Å²) in [6.07, 6.45) is 0. The Balaban J connectivity index is 0.00000162. The number of anilines is 1. The summed E-state index contributed by atoms with van der Waals surface area (Å²) in [5, 5.41) is 0. The number of hydrogen-bond donors (Lipinski definition) is 1. The fourth-order valence-corrected chi connectivity index (χ4v) is 1.78.